The van der Waals surface area contributed by atoms with Crippen molar-refractivity contribution in [2.45, 2.75) is 18.2 Å². The molecule has 2 nitrogen and oxygen atoms in total. The third kappa shape index (κ3) is 2.87. The van der Waals surface area contributed by atoms with Crippen LogP contribution in [-0.4, -0.2) is 10.2 Å². The first-order valence-corrected chi connectivity index (χ1v) is 6.77. The summed E-state index contributed by atoms with van der Waals surface area (Å²) in [5, 5.41) is 9.28. The smallest absolute Gasteiger partial charge is 0.148 e. The van der Waals surface area contributed by atoms with Gasteiger partial charge < -0.3 is 0 Å². The summed E-state index contributed by atoms with van der Waals surface area (Å²) >= 11 is 4.79. The normalized spacial score (nSPS) is 12.7. The molecule has 0 radical (unpaired) electrons. The topological polar surface area (TPSA) is 25.8 Å². The third-order valence-electron chi connectivity index (χ3n) is 2.18. The van der Waals surface area contributed by atoms with Gasteiger partial charge in [0.2, 0.25) is 0 Å². The Hall–Kier alpha value is -0.880. The molecule has 1 atom stereocenters. The van der Waals surface area contributed by atoms with Crippen LogP contribution in [0.1, 0.15) is 23.2 Å². The first-order chi connectivity index (χ1) is 8.10. The Morgan fingerprint density at radius 1 is 1.24 bits per heavy atom. The highest BCUT2D eigenvalue weighted by atomic mass is 79.9. The van der Waals surface area contributed by atoms with Gasteiger partial charge in [0.1, 0.15) is 21.6 Å². The third-order valence-corrected chi connectivity index (χ3v) is 4.65. The van der Waals surface area contributed by atoms with Crippen molar-refractivity contribution in [3.05, 3.63) is 34.8 Å². The van der Waals surface area contributed by atoms with E-state index >= 15 is 0 Å². The van der Waals surface area contributed by atoms with Gasteiger partial charge in [-0.1, -0.05) is 34.2 Å². The van der Waals surface area contributed by atoms with Gasteiger partial charge in [-0.05, 0) is 18.6 Å². The molecule has 0 bridgehead atoms. The predicted molar refractivity (Wildman–Crippen MR) is 67.2 cm³/mol. The summed E-state index contributed by atoms with van der Waals surface area (Å²) in [7, 11) is 0. The van der Waals surface area contributed by atoms with Crippen molar-refractivity contribution in [1.82, 2.24) is 10.2 Å². The summed E-state index contributed by atoms with van der Waals surface area (Å²) in [5.74, 6) is -1.22. The Morgan fingerprint density at radius 3 is 2.47 bits per heavy atom. The van der Waals surface area contributed by atoms with Gasteiger partial charge in [-0.2, -0.15) is 0 Å². The Balaban J connectivity index is 2.36. The molecule has 90 valence electrons. The van der Waals surface area contributed by atoms with Crippen LogP contribution in [0.3, 0.4) is 0 Å². The first kappa shape index (κ1) is 12.6. The summed E-state index contributed by atoms with van der Waals surface area (Å²) in [5.41, 5.74) is 0.419. The lowest BCUT2D eigenvalue weighted by Gasteiger charge is -1.98. The number of benzene rings is 1. The van der Waals surface area contributed by atoms with Gasteiger partial charge in [0.25, 0.3) is 0 Å². The van der Waals surface area contributed by atoms with Crippen LogP contribution >= 0.6 is 27.3 Å². The molecule has 0 aliphatic heterocycles. The fourth-order valence-corrected chi connectivity index (χ4v) is 2.59. The molecule has 0 aliphatic carbocycles. The van der Waals surface area contributed by atoms with E-state index in [0.717, 1.165) is 17.5 Å². The van der Waals surface area contributed by atoms with E-state index in [4.69, 9.17) is 0 Å². The molecule has 0 fully saturated rings. The van der Waals surface area contributed by atoms with Crippen molar-refractivity contribution in [3.8, 4) is 10.6 Å². The van der Waals surface area contributed by atoms with E-state index in [1.54, 1.807) is 0 Å². The standard InChI is InChI=1S/C11H9BrF2N2S/c1-2-9(12)11-16-15-10(17-11)6-3-7(13)5-8(14)4-6/h3-5,9H,2H2,1H3. The fourth-order valence-electron chi connectivity index (χ4n) is 1.33. The van der Waals surface area contributed by atoms with Crippen molar-refractivity contribution in [3.63, 3.8) is 0 Å². The zero-order chi connectivity index (χ0) is 12.4. The van der Waals surface area contributed by atoms with Crippen LogP contribution in [-0.2, 0) is 0 Å². The van der Waals surface area contributed by atoms with E-state index in [0.29, 0.717) is 10.6 Å². The highest BCUT2D eigenvalue weighted by molar-refractivity contribution is 9.09. The lowest BCUT2D eigenvalue weighted by molar-refractivity contribution is 0.584. The van der Waals surface area contributed by atoms with E-state index in [9.17, 15) is 8.78 Å². The lowest BCUT2D eigenvalue weighted by Crippen LogP contribution is -1.85. The van der Waals surface area contributed by atoms with E-state index in [-0.39, 0.29) is 4.83 Å². The van der Waals surface area contributed by atoms with E-state index in [1.807, 2.05) is 6.92 Å². The molecule has 0 aliphatic rings. The molecule has 0 saturated carbocycles. The molecule has 0 spiro atoms. The number of alkyl halides is 1. The van der Waals surface area contributed by atoms with Crippen LogP contribution < -0.4 is 0 Å². The fraction of sp³-hybridized carbons (Fsp3) is 0.273. The van der Waals surface area contributed by atoms with Crippen molar-refractivity contribution in [2.75, 3.05) is 0 Å². The molecule has 0 amide bonds. The Kier molecular flexibility index (Phi) is 3.83. The van der Waals surface area contributed by atoms with Gasteiger partial charge in [0.05, 0.1) is 4.83 Å². The predicted octanol–water partition coefficient (Wildman–Crippen LogP) is 4.33. The SMILES string of the molecule is CCC(Br)c1nnc(-c2cc(F)cc(F)c2)s1. The van der Waals surface area contributed by atoms with Crippen molar-refractivity contribution in [2.24, 2.45) is 0 Å². The van der Waals surface area contributed by atoms with Crippen LogP contribution in [0.2, 0.25) is 0 Å². The summed E-state index contributed by atoms with van der Waals surface area (Å²) in [6.07, 6.45) is 0.881. The van der Waals surface area contributed by atoms with Crippen LogP contribution in [0.4, 0.5) is 8.78 Å². The maximum atomic E-state index is 13.1. The van der Waals surface area contributed by atoms with E-state index in [1.165, 1.54) is 23.5 Å². The highest BCUT2D eigenvalue weighted by Crippen LogP contribution is 2.32. The summed E-state index contributed by atoms with van der Waals surface area (Å²) in [6.45, 7) is 2.02. The van der Waals surface area contributed by atoms with Crippen LogP contribution in [0, 0.1) is 11.6 Å². The minimum absolute atomic E-state index is 0.132. The van der Waals surface area contributed by atoms with Crippen molar-refractivity contribution in [1.29, 1.82) is 0 Å². The average molecular weight is 319 g/mol. The van der Waals surface area contributed by atoms with E-state index < -0.39 is 11.6 Å². The minimum Gasteiger partial charge on any atom is -0.207 e. The summed E-state index contributed by atoms with van der Waals surface area (Å²) < 4.78 is 26.1. The molecule has 1 aromatic heterocycles. The molecule has 1 unspecified atom stereocenters. The highest BCUT2D eigenvalue weighted by Gasteiger charge is 2.13. The van der Waals surface area contributed by atoms with Gasteiger partial charge in [0.15, 0.2) is 0 Å². The molecule has 0 N–H and O–H groups in total. The summed E-state index contributed by atoms with van der Waals surface area (Å²) in [6, 6.07) is 3.34. The number of halogens is 3. The molecule has 0 saturated heterocycles. The van der Waals surface area contributed by atoms with Gasteiger partial charge in [0, 0.05) is 11.6 Å². The molecule has 17 heavy (non-hydrogen) atoms. The van der Waals surface area contributed by atoms with E-state index in [2.05, 4.69) is 26.1 Å². The second-order valence-corrected chi connectivity index (χ2v) is 5.59. The minimum atomic E-state index is -0.609. The summed E-state index contributed by atoms with van der Waals surface area (Å²) in [4.78, 5) is 0.132. The second-order valence-electron chi connectivity index (χ2n) is 3.48. The van der Waals surface area contributed by atoms with Crippen LogP contribution in [0.25, 0.3) is 10.6 Å². The van der Waals surface area contributed by atoms with Gasteiger partial charge in [-0.15, -0.1) is 10.2 Å². The van der Waals surface area contributed by atoms with Crippen molar-refractivity contribution >= 4 is 27.3 Å². The lowest BCUT2D eigenvalue weighted by atomic mass is 10.2. The van der Waals surface area contributed by atoms with Gasteiger partial charge in [-0.3, -0.25) is 0 Å². The number of rotatable bonds is 3. The maximum Gasteiger partial charge on any atom is 0.148 e. The first-order valence-electron chi connectivity index (χ1n) is 5.04. The molecular weight excluding hydrogens is 310 g/mol. The average Bonchev–Trinajstić information content (AvgIpc) is 2.76. The molecule has 1 aromatic carbocycles. The number of aromatic nitrogens is 2. The Bertz CT molecular complexity index is 510. The molecule has 1 heterocycles. The molecule has 2 rings (SSSR count). The largest absolute Gasteiger partial charge is 0.207 e. The Labute approximate surface area is 110 Å². The van der Waals surface area contributed by atoms with Crippen molar-refractivity contribution < 1.29 is 8.78 Å². The maximum absolute atomic E-state index is 13.1. The number of nitrogens with zero attached hydrogens (tertiary/aromatic N) is 2. The number of hydrogen-bond acceptors (Lipinski definition) is 3. The van der Waals surface area contributed by atoms with Crippen LogP contribution in [0.15, 0.2) is 18.2 Å². The molecular formula is C11H9BrF2N2S. The number of hydrogen-bond donors (Lipinski definition) is 0. The Morgan fingerprint density at radius 2 is 1.88 bits per heavy atom. The zero-order valence-corrected chi connectivity index (χ0v) is 11.4. The van der Waals surface area contributed by atoms with Crippen LogP contribution in [0.5, 0.6) is 0 Å². The second kappa shape index (κ2) is 5.18. The van der Waals surface area contributed by atoms with Gasteiger partial charge in [-0.25, -0.2) is 8.78 Å². The quantitative estimate of drug-likeness (QED) is 0.787. The monoisotopic (exact) mass is 318 g/mol. The molecule has 2 aromatic rings. The molecule has 6 heteroatoms. The zero-order valence-electron chi connectivity index (χ0n) is 8.95. The van der Waals surface area contributed by atoms with Gasteiger partial charge >= 0.3 is 0 Å².